The standard InChI is InChI=1S/C21H22N2O3S/c1-4-26-18-12-15(10-11-17(18)25)20-19(14(3)24)13(2)23(21(27)22-20)16-8-6-5-7-9-16/h5-12,20,25H,4H2,1-3H3,(H,22,27)/t20-/m0/s1. The lowest BCUT2D eigenvalue weighted by Gasteiger charge is -2.37. The number of hydrogen-bond acceptors (Lipinski definition) is 4. The summed E-state index contributed by atoms with van der Waals surface area (Å²) in [5, 5.41) is 13.8. The van der Waals surface area contributed by atoms with Gasteiger partial charge in [0.25, 0.3) is 0 Å². The minimum Gasteiger partial charge on any atom is -0.504 e. The summed E-state index contributed by atoms with van der Waals surface area (Å²) in [4.78, 5) is 14.4. The molecule has 2 aromatic rings. The highest BCUT2D eigenvalue weighted by Crippen LogP contribution is 2.37. The molecule has 0 amide bonds. The number of allylic oxidation sites excluding steroid dienone is 1. The lowest BCUT2D eigenvalue weighted by atomic mass is 9.92. The molecule has 0 spiro atoms. The Morgan fingerprint density at radius 1 is 1.26 bits per heavy atom. The zero-order valence-corrected chi connectivity index (χ0v) is 16.3. The maximum atomic E-state index is 12.5. The summed E-state index contributed by atoms with van der Waals surface area (Å²) < 4.78 is 5.49. The summed E-state index contributed by atoms with van der Waals surface area (Å²) in [7, 11) is 0. The van der Waals surface area contributed by atoms with E-state index in [2.05, 4.69) is 5.32 Å². The Labute approximate surface area is 164 Å². The van der Waals surface area contributed by atoms with E-state index in [1.165, 1.54) is 0 Å². The van der Waals surface area contributed by atoms with Crippen LogP contribution in [-0.2, 0) is 4.79 Å². The van der Waals surface area contributed by atoms with Crippen molar-refractivity contribution in [2.45, 2.75) is 26.8 Å². The molecule has 0 saturated heterocycles. The maximum Gasteiger partial charge on any atom is 0.178 e. The summed E-state index contributed by atoms with van der Waals surface area (Å²) >= 11 is 5.60. The highest BCUT2D eigenvalue weighted by atomic mass is 32.1. The van der Waals surface area contributed by atoms with Gasteiger partial charge in [0.15, 0.2) is 22.4 Å². The number of anilines is 1. The van der Waals surface area contributed by atoms with Crippen molar-refractivity contribution >= 4 is 28.8 Å². The Kier molecular flexibility index (Phi) is 5.46. The highest BCUT2D eigenvalue weighted by Gasteiger charge is 2.33. The molecule has 2 aromatic carbocycles. The lowest BCUT2D eigenvalue weighted by Crippen LogP contribution is -2.47. The number of Topliss-reactive ketones (excluding diaryl/α,β-unsaturated/α-hetero) is 1. The van der Waals surface area contributed by atoms with Crippen LogP contribution in [0.4, 0.5) is 5.69 Å². The van der Waals surface area contributed by atoms with E-state index in [1.54, 1.807) is 25.1 Å². The van der Waals surface area contributed by atoms with Gasteiger partial charge in [0.1, 0.15) is 0 Å². The van der Waals surface area contributed by atoms with Crippen LogP contribution in [0.2, 0.25) is 0 Å². The average Bonchev–Trinajstić information content (AvgIpc) is 2.63. The van der Waals surface area contributed by atoms with E-state index < -0.39 is 6.04 Å². The Hall–Kier alpha value is -2.86. The number of ether oxygens (including phenoxy) is 1. The van der Waals surface area contributed by atoms with E-state index in [1.807, 2.05) is 49.1 Å². The predicted molar refractivity (Wildman–Crippen MR) is 110 cm³/mol. The number of ketones is 1. The van der Waals surface area contributed by atoms with Gasteiger partial charge in [-0.1, -0.05) is 24.3 Å². The summed E-state index contributed by atoms with van der Waals surface area (Å²) in [5.41, 5.74) is 3.11. The van der Waals surface area contributed by atoms with E-state index >= 15 is 0 Å². The molecular weight excluding hydrogens is 360 g/mol. The Bertz CT molecular complexity index is 909. The molecule has 140 valence electrons. The number of rotatable bonds is 5. The van der Waals surface area contributed by atoms with Crippen LogP contribution >= 0.6 is 12.2 Å². The first kappa shape index (κ1) is 18.9. The van der Waals surface area contributed by atoms with E-state index in [0.29, 0.717) is 23.0 Å². The first-order chi connectivity index (χ1) is 12.9. The fourth-order valence-corrected chi connectivity index (χ4v) is 3.68. The maximum absolute atomic E-state index is 12.5. The molecule has 0 aromatic heterocycles. The molecule has 27 heavy (non-hydrogen) atoms. The highest BCUT2D eigenvalue weighted by molar-refractivity contribution is 7.80. The quantitative estimate of drug-likeness (QED) is 0.760. The summed E-state index contributed by atoms with van der Waals surface area (Å²) in [5.74, 6) is 0.406. The number of phenols is 1. The van der Waals surface area contributed by atoms with Gasteiger partial charge in [-0.2, -0.15) is 0 Å². The van der Waals surface area contributed by atoms with Crippen LogP contribution in [0.5, 0.6) is 11.5 Å². The molecule has 5 nitrogen and oxygen atoms in total. The van der Waals surface area contributed by atoms with Crippen molar-refractivity contribution in [1.82, 2.24) is 5.32 Å². The largest absolute Gasteiger partial charge is 0.504 e. The molecule has 1 atom stereocenters. The molecule has 0 fully saturated rings. The monoisotopic (exact) mass is 382 g/mol. The summed E-state index contributed by atoms with van der Waals surface area (Å²) in [6.07, 6.45) is 0. The molecule has 0 radical (unpaired) electrons. The SMILES string of the molecule is CCOc1cc([C@@H]2NC(=S)N(c3ccccc3)C(C)=C2C(C)=O)ccc1O. The molecule has 2 N–H and O–H groups in total. The first-order valence-corrected chi connectivity index (χ1v) is 9.18. The molecule has 3 rings (SSSR count). The molecule has 1 aliphatic heterocycles. The van der Waals surface area contributed by atoms with E-state index in [4.69, 9.17) is 17.0 Å². The number of phenolic OH excluding ortho intramolecular Hbond substituents is 1. The average molecular weight is 382 g/mol. The van der Waals surface area contributed by atoms with E-state index in [-0.39, 0.29) is 11.5 Å². The number of carbonyl (C=O) groups is 1. The minimum absolute atomic E-state index is 0.0422. The van der Waals surface area contributed by atoms with Crippen LogP contribution in [-0.4, -0.2) is 22.6 Å². The molecule has 0 unspecified atom stereocenters. The van der Waals surface area contributed by atoms with Gasteiger partial charge in [-0.25, -0.2) is 0 Å². The van der Waals surface area contributed by atoms with Crippen LogP contribution < -0.4 is 15.0 Å². The van der Waals surface area contributed by atoms with Gasteiger partial charge in [-0.3, -0.25) is 9.69 Å². The zero-order chi connectivity index (χ0) is 19.6. The van der Waals surface area contributed by atoms with Crippen molar-refractivity contribution in [3.8, 4) is 11.5 Å². The normalized spacial score (nSPS) is 16.9. The van der Waals surface area contributed by atoms with Gasteiger partial charge in [-0.05, 0) is 62.8 Å². The van der Waals surface area contributed by atoms with Crippen LogP contribution in [0.1, 0.15) is 32.4 Å². The first-order valence-electron chi connectivity index (χ1n) is 8.77. The van der Waals surface area contributed by atoms with Gasteiger partial charge in [0.2, 0.25) is 0 Å². The number of thiocarbonyl (C=S) groups is 1. The Balaban J connectivity index is 2.10. The van der Waals surface area contributed by atoms with Crippen molar-refractivity contribution in [3.63, 3.8) is 0 Å². The van der Waals surface area contributed by atoms with Crippen molar-refractivity contribution in [1.29, 1.82) is 0 Å². The van der Waals surface area contributed by atoms with Crippen molar-refractivity contribution in [3.05, 3.63) is 65.4 Å². The molecule has 0 saturated carbocycles. The zero-order valence-electron chi connectivity index (χ0n) is 15.5. The molecule has 0 bridgehead atoms. The molecule has 6 heteroatoms. The van der Waals surface area contributed by atoms with Crippen LogP contribution in [0.15, 0.2) is 59.8 Å². The van der Waals surface area contributed by atoms with E-state index in [9.17, 15) is 9.90 Å². The molecule has 1 heterocycles. The fourth-order valence-electron chi connectivity index (χ4n) is 3.32. The van der Waals surface area contributed by atoms with E-state index in [0.717, 1.165) is 16.9 Å². The van der Waals surface area contributed by atoms with Gasteiger partial charge in [0.05, 0.1) is 12.6 Å². The topological polar surface area (TPSA) is 61.8 Å². The smallest absolute Gasteiger partial charge is 0.178 e. The number of nitrogens with zero attached hydrogens (tertiary/aromatic N) is 1. The molecule has 0 aliphatic carbocycles. The number of para-hydroxylation sites is 1. The summed E-state index contributed by atoms with van der Waals surface area (Å²) in [6.45, 7) is 5.73. The Morgan fingerprint density at radius 2 is 1.96 bits per heavy atom. The van der Waals surface area contributed by atoms with Crippen molar-refractivity contribution in [2.24, 2.45) is 0 Å². The van der Waals surface area contributed by atoms with Gasteiger partial charge in [-0.15, -0.1) is 0 Å². The van der Waals surface area contributed by atoms with Crippen LogP contribution in [0.25, 0.3) is 0 Å². The number of carbonyl (C=O) groups excluding carboxylic acids is 1. The number of hydrogen-bond donors (Lipinski definition) is 2. The second-order valence-electron chi connectivity index (χ2n) is 6.27. The fraction of sp³-hybridized carbons (Fsp3) is 0.238. The number of benzene rings is 2. The second kappa shape index (κ2) is 7.80. The number of nitrogens with one attached hydrogen (secondary N) is 1. The third kappa shape index (κ3) is 3.66. The predicted octanol–water partition coefficient (Wildman–Crippen LogP) is 4.09. The van der Waals surface area contributed by atoms with Crippen molar-refractivity contribution < 1.29 is 14.6 Å². The van der Waals surface area contributed by atoms with Gasteiger partial charge < -0.3 is 15.2 Å². The van der Waals surface area contributed by atoms with Crippen LogP contribution in [0.3, 0.4) is 0 Å². The van der Waals surface area contributed by atoms with Crippen LogP contribution in [0, 0.1) is 0 Å². The van der Waals surface area contributed by atoms with Gasteiger partial charge >= 0.3 is 0 Å². The Morgan fingerprint density at radius 3 is 2.59 bits per heavy atom. The van der Waals surface area contributed by atoms with Crippen molar-refractivity contribution in [2.75, 3.05) is 11.5 Å². The molecule has 1 aliphatic rings. The number of aromatic hydroxyl groups is 1. The molecular formula is C21H22N2O3S. The third-order valence-electron chi connectivity index (χ3n) is 4.50. The summed E-state index contributed by atoms with van der Waals surface area (Å²) in [6, 6.07) is 14.4. The third-order valence-corrected chi connectivity index (χ3v) is 4.80. The second-order valence-corrected chi connectivity index (χ2v) is 6.66. The minimum atomic E-state index is -0.408. The van der Waals surface area contributed by atoms with Gasteiger partial charge in [0, 0.05) is 17.0 Å². The lowest BCUT2D eigenvalue weighted by molar-refractivity contribution is -0.114.